The molecule has 1 aromatic rings. The molecular formula is C13H20N4OS. The van der Waals surface area contributed by atoms with Gasteiger partial charge in [-0.3, -0.25) is 15.1 Å². The highest BCUT2D eigenvalue weighted by atomic mass is 32.1. The quantitative estimate of drug-likeness (QED) is 0.471. The molecule has 0 aliphatic carbocycles. The highest BCUT2D eigenvalue weighted by Crippen LogP contribution is 2.23. The van der Waals surface area contributed by atoms with Crippen molar-refractivity contribution < 1.29 is 4.79 Å². The highest BCUT2D eigenvalue weighted by Gasteiger charge is 2.14. The van der Waals surface area contributed by atoms with Crippen LogP contribution in [-0.2, 0) is 6.54 Å². The first-order valence-corrected chi connectivity index (χ1v) is 7.05. The molecule has 104 valence electrons. The maximum Gasteiger partial charge on any atom is 0.275 e. The third kappa shape index (κ3) is 4.31. The Hall–Kier alpha value is -1.42. The summed E-state index contributed by atoms with van der Waals surface area (Å²) in [5.41, 5.74) is 3.27. The molecule has 0 radical (unpaired) electrons. The van der Waals surface area contributed by atoms with Crippen LogP contribution >= 0.6 is 11.3 Å². The predicted octanol–water partition coefficient (Wildman–Crippen LogP) is 1.64. The molecule has 1 amide bonds. The minimum absolute atomic E-state index is 0.00528. The van der Waals surface area contributed by atoms with Crippen molar-refractivity contribution in [2.24, 2.45) is 11.8 Å². The second-order valence-electron chi connectivity index (χ2n) is 4.52. The third-order valence-electron chi connectivity index (χ3n) is 2.97. The van der Waals surface area contributed by atoms with E-state index in [9.17, 15) is 4.79 Å². The number of carbonyl (C=O) groups is 1. The van der Waals surface area contributed by atoms with Crippen LogP contribution in [0.25, 0.3) is 0 Å². The fourth-order valence-electron chi connectivity index (χ4n) is 1.83. The van der Waals surface area contributed by atoms with Gasteiger partial charge in [-0.1, -0.05) is 6.92 Å². The summed E-state index contributed by atoms with van der Waals surface area (Å²) in [7, 11) is 0. The minimum atomic E-state index is -0.257. The van der Waals surface area contributed by atoms with Crippen molar-refractivity contribution in [1.82, 2.24) is 10.3 Å². The van der Waals surface area contributed by atoms with Gasteiger partial charge >= 0.3 is 0 Å². The molecule has 1 heterocycles. The molecule has 0 aromatic carbocycles. The number of thiophene rings is 1. The first-order chi connectivity index (χ1) is 9.01. The molecule has 0 bridgehead atoms. The number of nitrogens with one attached hydrogen (secondary N) is 1. The Morgan fingerprint density at radius 2 is 2.37 bits per heavy atom. The van der Waals surface area contributed by atoms with Crippen LogP contribution in [0.5, 0.6) is 0 Å². The molecule has 0 spiro atoms. The number of hydrogen-bond acceptors (Lipinski definition) is 5. The molecule has 0 aliphatic heterocycles. The Kier molecular flexibility index (Phi) is 5.96. The van der Waals surface area contributed by atoms with Gasteiger partial charge in [0.1, 0.15) is 0 Å². The van der Waals surface area contributed by atoms with E-state index in [0.717, 1.165) is 30.1 Å². The zero-order chi connectivity index (χ0) is 14.4. The summed E-state index contributed by atoms with van der Waals surface area (Å²) in [5.74, 6) is 4.88. The number of nitriles is 1. The molecule has 1 aromatic heterocycles. The van der Waals surface area contributed by atoms with E-state index in [1.165, 1.54) is 11.3 Å². The topological polar surface area (TPSA) is 82.2 Å². The summed E-state index contributed by atoms with van der Waals surface area (Å²) in [5, 5.41) is 8.87. The van der Waals surface area contributed by atoms with E-state index in [0.29, 0.717) is 4.88 Å². The Morgan fingerprint density at radius 1 is 1.68 bits per heavy atom. The second kappa shape index (κ2) is 7.24. The fourth-order valence-corrected chi connectivity index (χ4v) is 2.77. The van der Waals surface area contributed by atoms with Gasteiger partial charge in [0.15, 0.2) is 0 Å². The summed E-state index contributed by atoms with van der Waals surface area (Å²) >= 11 is 1.44. The van der Waals surface area contributed by atoms with Crippen molar-refractivity contribution >= 4 is 17.2 Å². The Labute approximate surface area is 118 Å². The predicted molar refractivity (Wildman–Crippen MR) is 76.4 cm³/mol. The van der Waals surface area contributed by atoms with E-state index in [-0.39, 0.29) is 11.8 Å². The molecule has 3 N–H and O–H groups in total. The van der Waals surface area contributed by atoms with Crippen molar-refractivity contribution in [3.8, 4) is 6.07 Å². The van der Waals surface area contributed by atoms with Crippen molar-refractivity contribution in [1.29, 1.82) is 5.26 Å². The van der Waals surface area contributed by atoms with Crippen LogP contribution in [0.2, 0.25) is 0 Å². The van der Waals surface area contributed by atoms with E-state index >= 15 is 0 Å². The van der Waals surface area contributed by atoms with Gasteiger partial charge in [0.25, 0.3) is 5.91 Å². The molecule has 0 saturated heterocycles. The first kappa shape index (κ1) is 15.6. The van der Waals surface area contributed by atoms with Crippen LogP contribution in [0.15, 0.2) is 6.07 Å². The molecule has 19 heavy (non-hydrogen) atoms. The molecule has 0 fully saturated rings. The van der Waals surface area contributed by atoms with E-state index in [1.54, 1.807) is 0 Å². The molecular weight excluding hydrogens is 260 g/mol. The lowest BCUT2D eigenvalue weighted by molar-refractivity contribution is 0.0957. The van der Waals surface area contributed by atoms with Crippen molar-refractivity contribution in [3.05, 3.63) is 21.4 Å². The summed E-state index contributed by atoms with van der Waals surface area (Å²) in [6, 6.07) is 4.12. The van der Waals surface area contributed by atoms with Gasteiger partial charge in [-0.25, -0.2) is 5.84 Å². The summed E-state index contributed by atoms with van der Waals surface area (Å²) in [6.07, 6.45) is 0. The van der Waals surface area contributed by atoms with Gasteiger partial charge < -0.3 is 0 Å². The van der Waals surface area contributed by atoms with Crippen LogP contribution in [0.3, 0.4) is 0 Å². The van der Waals surface area contributed by atoms with Gasteiger partial charge in [-0.2, -0.15) is 5.26 Å². The van der Waals surface area contributed by atoms with Crippen molar-refractivity contribution in [2.45, 2.75) is 27.3 Å². The summed E-state index contributed by atoms with van der Waals surface area (Å²) in [6.45, 7) is 8.34. The number of amides is 1. The van der Waals surface area contributed by atoms with Gasteiger partial charge in [-0.05, 0) is 32.0 Å². The molecule has 5 nitrogen and oxygen atoms in total. The number of rotatable bonds is 6. The monoisotopic (exact) mass is 280 g/mol. The van der Waals surface area contributed by atoms with E-state index < -0.39 is 0 Å². The number of nitrogen functional groups attached to an aromatic ring is 1. The Balaban J connectivity index is 2.77. The fraction of sp³-hybridized carbons (Fsp3) is 0.538. The zero-order valence-corrected chi connectivity index (χ0v) is 12.4. The lowest BCUT2D eigenvalue weighted by Gasteiger charge is -2.21. The van der Waals surface area contributed by atoms with Gasteiger partial charge in [0.05, 0.1) is 16.9 Å². The maximum absolute atomic E-state index is 11.5. The SMILES string of the molecule is CCN(Cc1cc(C(=O)NN)sc1C)CC(C)C#N. The van der Waals surface area contributed by atoms with E-state index in [4.69, 9.17) is 11.1 Å². The number of aryl methyl sites for hydroxylation is 1. The van der Waals surface area contributed by atoms with Crippen molar-refractivity contribution in [3.63, 3.8) is 0 Å². The lowest BCUT2D eigenvalue weighted by Crippen LogP contribution is -2.29. The number of nitrogens with zero attached hydrogens (tertiary/aromatic N) is 2. The third-order valence-corrected chi connectivity index (χ3v) is 4.06. The van der Waals surface area contributed by atoms with Crippen LogP contribution in [0.4, 0.5) is 0 Å². The molecule has 1 rings (SSSR count). The standard InChI is InChI=1S/C13H20N4OS/c1-4-17(7-9(2)6-14)8-11-5-12(13(18)16-15)19-10(11)3/h5,9H,4,7-8,15H2,1-3H3,(H,16,18). The van der Waals surface area contributed by atoms with Crippen LogP contribution < -0.4 is 11.3 Å². The van der Waals surface area contributed by atoms with Crippen molar-refractivity contribution in [2.75, 3.05) is 13.1 Å². The van der Waals surface area contributed by atoms with Crippen LogP contribution in [-0.4, -0.2) is 23.9 Å². The number of nitrogens with two attached hydrogens (primary N) is 1. The molecule has 1 unspecified atom stereocenters. The molecule has 1 atom stereocenters. The largest absolute Gasteiger partial charge is 0.298 e. The van der Waals surface area contributed by atoms with Crippen LogP contribution in [0, 0.1) is 24.2 Å². The zero-order valence-electron chi connectivity index (χ0n) is 11.6. The number of carbonyl (C=O) groups excluding carboxylic acids is 1. The van der Waals surface area contributed by atoms with Gasteiger partial charge in [0.2, 0.25) is 0 Å². The summed E-state index contributed by atoms with van der Waals surface area (Å²) < 4.78 is 0. The van der Waals surface area contributed by atoms with Gasteiger partial charge in [0, 0.05) is 18.0 Å². The number of hydrogen-bond donors (Lipinski definition) is 2. The first-order valence-electron chi connectivity index (χ1n) is 6.24. The molecule has 0 aliphatic rings. The van der Waals surface area contributed by atoms with Crippen LogP contribution in [0.1, 0.15) is 34.0 Å². The Bertz CT molecular complexity index is 477. The second-order valence-corrected chi connectivity index (χ2v) is 5.78. The molecule has 6 heteroatoms. The maximum atomic E-state index is 11.5. The normalized spacial score (nSPS) is 12.2. The minimum Gasteiger partial charge on any atom is -0.298 e. The molecule has 0 saturated carbocycles. The van der Waals surface area contributed by atoms with E-state index in [2.05, 4.69) is 23.3 Å². The lowest BCUT2D eigenvalue weighted by atomic mass is 10.1. The summed E-state index contributed by atoms with van der Waals surface area (Å²) in [4.78, 5) is 15.4. The average Bonchev–Trinajstić information content (AvgIpc) is 2.78. The van der Waals surface area contributed by atoms with E-state index in [1.807, 2.05) is 19.9 Å². The number of hydrazine groups is 1. The highest BCUT2D eigenvalue weighted by molar-refractivity contribution is 7.14. The smallest absolute Gasteiger partial charge is 0.275 e. The average molecular weight is 280 g/mol. The van der Waals surface area contributed by atoms with Gasteiger partial charge in [-0.15, -0.1) is 11.3 Å². The Morgan fingerprint density at radius 3 is 2.89 bits per heavy atom.